The lowest BCUT2D eigenvalue weighted by Crippen LogP contribution is -2.50. The van der Waals surface area contributed by atoms with E-state index in [1.54, 1.807) is 0 Å². The Hall–Kier alpha value is -0.130. The van der Waals surface area contributed by atoms with E-state index in [0.29, 0.717) is 23.6 Å². The summed E-state index contributed by atoms with van der Waals surface area (Å²) in [5.74, 6) is 1.36. The molecule has 3 rings (SSSR count). The zero-order chi connectivity index (χ0) is 14.3. The lowest BCUT2D eigenvalue weighted by atomic mass is 9.98. The van der Waals surface area contributed by atoms with Crippen LogP contribution in [0.25, 0.3) is 0 Å². The van der Waals surface area contributed by atoms with E-state index >= 15 is 0 Å². The van der Waals surface area contributed by atoms with Crippen LogP contribution in [-0.4, -0.2) is 55.6 Å². The highest BCUT2D eigenvalue weighted by molar-refractivity contribution is 7.89. The molecule has 2 heterocycles. The molecule has 0 amide bonds. The Balaban J connectivity index is 1.71. The highest BCUT2D eigenvalue weighted by Gasteiger charge is 2.44. The van der Waals surface area contributed by atoms with Crippen LogP contribution in [0.3, 0.4) is 0 Å². The van der Waals surface area contributed by atoms with Gasteiger partial charge in [-0.25, -0.2) is 8.42 Å². The fourth-order valence-electron chi connectivity index (χ4n) is 4.56. The molecule has 0 N–H and O–H groups in total. The fraction of sp³-hybridized carbons (Fsp3) is 1.00. The summed E-state index contributed by atoms with van der Waals surface area (Å²) in [6.45, 7) is 4.08. The maximum absolute atomic E-state index is 12.8. The molecule has 5 heteroatoms. The Morgan fingerprint density at radius 2 is 1.80 bits per heavy atom. The molecule has 0 aromatic carbocycles. The number of sulfonamides is 1. The van der Waals surface area contributed by atoms with E-state index in [2.05, 4.69) is 18.9 Å². The van der Waals surface area contributed by atoms with Crippen molar-refractivity contribution in [1.29, 1.82) is 0 Å². The van der Waals surface area contributed by atoms with Gasteiger partial charge in [0.25, 0.3) is 0 Å². The van der Waals surface area contributed by atoms with Crippen LogP contribution in [0, 0.1) is 11.8 Å². The molecule has 2 saturated heterocycles. The van der Waals surface area contributed by atoms with Gasteiger partial charge in [0.15, 0.2) is 0 Å². The van der Waals surface area contributed by atoms with Gasteiger partial charge in [0.1, 0.15) is 0 Å². The molecule has 1 aliphatic carbocycles. The second-order valence-electron chi connectivity index (χ2n) is 7.10. The molecule has 3 aliphatic rings. The summed E-state index contributed by atoms with van der Waals surface area (Å²) < 4.78 is 27.5. The molecule has 0 radical (unpaired) electrons. The van der Waals surface area contributed by atoms with Crippen molar-refractivity contribution in [2.45, 2.75) is 57.5 Å². The molecule has 0 spiro atoms. The van der Waals surface area contributed by atoms with Crippen molar-refractivity contribution < 1.29 is 8.42 Å². The highest BCUT2D eigenvalue weighted by Crippen LogP contribution is 2.36. The van der Waals surface area contributed by atoms with E-state index in [-0.39, 0.29) is 6.04 Å². The third-order valence-electron chi connectivity index (χ3n) is 5.86. The lowest BCUT2D eigenvalue weighted by molar-refractivity contribution is 0.149. The molecule has 1 saturated carbocycles. The Morgan fingerprint density at radius 3 is 2.50 bits per heavy atom. The number of piperidine rings is 1. The van der Waals surface area contributed by atoms with E-state index in [4.69, 9.17) is 0 Å². The molecule has 0 bridgehead atoms. The van der Waals surface area contributed by atoms with Crippen molar-refractivity contribution in [3.63, 3.8) is 0 Å². The van der Waals surface area contributed by atoms with Gasteiger partial charge < -0.3 is 4.90 Å². The minimum Gasteiger partial charge on any atom is -0.302 e. The molecule has 4 nitrogen and oxygen atoms in total. The number of likely N-dealkylation sites (tertiary alicyclic amines) is 1. The number of hydrogen-bond donors (Lipinski definition) is 0. The summed E-state index contributed by atoms with van der Waals surface area (Å²) in [6.07, 6.45) is 6.70. The first-order chi connectivity index (χ1) is 9.49. The first kappa shape index (κ1) is 14.8. The van der Waals surface area contributed by atoms with Crippen LogP contribution in [0.5, 0.6) is 0 Å². The van der Waals surface area contributed by atoms with Crippen LogP contribution in [0.2, 0.25) is 0 Å². The van der Waals surface area contributed by atoms with Crippen molar-refractivity contribution in [2.75, 3.05) is 25.9 Å². The average molecular weight is 300 g/mol. The summed E-state index contributed by atoms with van der Waals surface area (Å²) >= 11 is 0. The van der Waals surface area contributed by atoms with E-state index in [1.165, 1.54) is 12.8 Å². The number of likely N-dealkylation sites (N-methyl/N-ethyl adjacent to an activating group) is 1. The Labute approximate surface area is 123 Å². The zero-order valence-electron chi connectivity index (χ0n) is 12.8. The number of nitrogens with zero attached hydrogens (tertiary/aromatic N) is 2. The smallest absolute Gasteiger partial charge is 0.214 e. The zero-order valence-corrected chi connectivity index (χ0v) is 13.6. The van der Waals surface area contributed by atoms with Gasteiger partial charge in [0.2, 0.25) is 10.0 Å². The second kappa shape index (κ2) is 5.58. The molecule has 4 atom stereocenters. The van der Waals surface area contributed by atoms with Gasteiger partial charge in [-0.3, -0.25) is 0 Å². The average Bonchev–Trinajstić information content (AvgIpc) is 2.97. The van der Waals surface area contributed by atoms with E-state index in [0.717, 1.165) is 38.8 Å². The monoisotopic (exact) mass is 300 g/mol. The van der Waals surface area contributed by atoms with E-state index < -0.39 is 10.0 Å². The van der Waals surface area contributed by atoms with E-state index in [1.807, 2.05) is 4.31 Å². The minimum atomic E-state index is -3.06. The van der Waals surface area contributed by atoms with Crippen LogP contribution in [0.15, 0.2) is 0 Å². The molecule has 0 aromatic rings. The molecular weight excluding hydrogens is 272 g/mol. The summed E-state index contributed by atoms with van der Waals surface area (Å²) in [7, 11) is -0.919. The van der Waals surface area contributed by atoms with Gasteiger partial charge >= 0.3 is 0 Å². The Morgan fingerprint density at radius 1 is 1.00 bits per heavy atom. The Bertz CT molecular complexity index is 451. The lowest BCUT2D eigenvalue weighted by Gasteiger charge is -2.37. The van der Waals surface area contributed by atoms with E-state index in [9.17, 15) is 8.42 Å². The third kappa shape index (κ3) is 2.64. The summed E-state index contributed by atoms with van der Waals surface area (Å²) in [5.41, 5.74) is 0. The predicted molar refractivity (Wildman–Crippen MR) is 81.1 cm³/mol. The van der Waals surface area contributed by atoms with Crippen molar-refractivity contribution in [2.24, 2.45) is 11.8 Å². The molecule has 2 aliphatic heterocycles. The third-order valence-corrected chi connectivity index (χ3v) is 7.87. The van der Waals surface area contributed by atoms with Crippen LogP contribution in [-0.2, 0) is 10.0 Å². The molecule has 116 valence electrons. The number of fused-ring (bicyclic) bond motifs is 1. The van der Waals surface area contributed by atoms with Gasteiger partial charge in [-0.1, -0.05) is 19.8 Å². The molecular formula is C15H28N2O2S. The topological polar surface area (TPSA) is 40.6 Å². The quantitative estimate of drug-likeness (QED) is 0.799. The largest absolute Gasteiger partial charge is 0.302 e. The molecule has 20 heavy (non-hydrogen) atoms. The van der Waals surface area contributed by atoms with Crippen LogP contribution >= 0.6 is 0 Å². The molecule has 2 unspecified atom stereocenters. The van der Waals surface area contributed by atoms with Crippen molar-refractivity contribution in [3.8, 4) is 0 Å². The summed E-state index contributed by atoms with van der Waals surface area (Å²) in [5, 5.41) is 0. The summed E-state index contributed by atoms with van der Waals surface area (Å²) in [6, 6.07) is 0.704. The maximum Gasteiger partial charge on any atom is 0.214 e. The standard InChI is InChI=1S/C15H28N2O2S/c1-12-5-3-6-13(12)11-20(18,19)17-10-8-14-15(17)7-4-9-16(14)2/h12-15H,3-11H2,1-2H3/t12-,13+,14?,15?/m1/s1. The van der Waals surface area contributed by atoms with Gasteiger partial charge in [0.05, 0.1) is 5.75 Å². The second-order valence-corrected chi connectivity index (χ2v) is 9.07. The number of rotatable bonds is 3. The fourth-order valence-corrected chi connectivity index (χ4v) is 6.83. The first-order valence-electron chi connectivity index (χ1n) is 8.19. The summed E-state index contributed by atoms with van der Waals surface area (Å²) in [4.78, 5) is 2.36. The van der Waals surface area contributed by atoms with Gasteiger partial charge in [-0.05, 0) is 51.1 Å². The van der Waals surface area contributed by atoms with Crippen LogP contribution in [0.1, 0.15) is 45.4 Å². The molecule has 0 aromatic heterocycles. The Kier molecular flexibility index (Phi) is 4.13. The van der Waals surface area contributed by atoms with Gasteiger partial charge in [0, 0.05) is 18.6 Å². The van der Waals surface area contributed by atoms with Crippen molar-refractivity contribution in [3.05, 3.63) is 0 Å². The normalized spacial score (nSPS) is 40.1. The van der Waals surface area contributed by atoms with Crippen molar-refractivity contribution in [1.82, 2.24) is 9.21 Å². The first-order valence-corrected chi connectivity index (χ1v) is 9.80. The predicted octanol–water partition coefficient (Wildman–Crippen LogP) is 1.92. The van der Waals surface area contributed by atoms with Gasteiger partial charge in [-0.2, -0.15) is 4.31 Å². The minimum absolute atomic E-state index is 0.246. The number of hydrogen-bond acceptors (Lipinski definition) is 3. The maximum atomic E-state index is 12.8. The SMILES string of the molecule is C[C@@H]1CCC[C@H]1CS(=O)(=O)N1CCC2C1CCCN2C. The van der Waals surface area contributed by atoms with Gasteiger partial charge in [-0.15, -0.1) is 0 Å². The van der Waals surface area contributed by atoms with Crippen molar-refractivity contribution >= 4 is 10.0 Å². The highest BCUT2D eigenvalue weighted by atomic mass is 32.2. The molecule has 3 fully saturated rings. The van der Waals surface area contributed by atoms with Crippen LogP contribution in [0.4, 0.5) is 0 Å². The van der Waals surface area contributed by atoms with Crippen LogP contribution < -0.4 is 0 Å².